The number of aromatic nitrogens is 4. The van der Waals surface area contributed by atoms with E-state index >= 15 is 0 Å². The summed E-state index contributed by atoms with van der Waals surface area (Å²) in [7, 11) is 1.57. The van der Waals surface area contributed by atoms with Crippen molar-refractivity contribution in [3.05, 3.63) is 18.2 Å². The molecule has 1 unspecified atom stereocenters. The third-order valence-electron chi connectivity index (χ3n) is 6.79. The maximum Gasteiger partial charge on any atom is 0.233 e. The van der Waals surface area contributed by atoms with Gasteiger partial charge in [-0.25, -0.2) is 4.98 Å². The number of amides is 1. The van der Waals surface area contributed by atoms with Gasteiger partial charge < -0.3 is 31.4 Å². The fourth-order valence-electron chi connectivity index (χ4n) is 5.24. The van der Waals surface area contributed by atoms with Crippen LogP contribution >= 0.6 is 0 Å². The van der Waals surface area contributed by atoms with Crippen LogP contribution in [0.15, 0.2) is 18.2 Å². The Labute approximate surface area is 198 Å². The van der Waals surface area contributed by atoms with Gasteiger partial charge in [0.25, 0.3) is 0 Å². The van der Waals surface area contributed by atoms with Crippen molar-refractivity contribution in [3.8, 4) is 17.0 Å². The molecule has 1 fully saturated rings. The fraction of sp³-hybridized carbons (Fsp3) is 0.478. The molecule has 0 bridgehead atoms. The first-order valence-electron chi connectivity index (χ1n) is 11.3. The van der Waals surface area contributed by atoms with E-state index in [0.29, 0.717) is 33.7 Å². The van der Waals surface area contributed by atoms with Crippen molar-refractivity contribution < 1.29 is 14.6 Å². The van der Waals surface area contributed by atoms with E-state index in [1.54, 1.807) is 7.11 Å². The number of carbonyl (C=O) groups excluding carboxylic acids is 1. The molecule has 6 N–H and O–H groups in total. The third kappa shape index (κ3) is 4.07. The number of likely N-dealkylation sites (tertiary alicyclic amines) is 1. The van der Waals surface area contributed by atoms with E-state index in [9.17, 15) is 9.90 Å². The zero-order chi connectivity index (χ0) is 24.8. The van der Waals surface area contributed by atoms with Crippen LogP contribution in [0.1, 0.15) is 34.1 Å². The molecule has 34 heavy (non-hydrogen) atoms. The second kappa shape index (κ2) is 8.32. The first-order valence-corrected chi connectivity index (χ1v) is 11.3. The van der Waals surface area contributed by atoms with Crippen LogP contribution in [0.25, 0.3) is 22.2 Å². The number of carbonyl (C=O) groups is 1. The fourth-order valence-corrected chi connectivity index (χ4v) is 5.24. The molecule has 1 aliphatic heterocycles. The van der Waals surface area contributed by atoms with Gasteiger partial charge in [-0.05, 0) is 39.3 Å². The number of nitrogens with one attached hydrogen (secondary N) is 2. The van der Waals surface area contributed by atoms with Gasteiger partial charge in [0.05, 0.1) is 41.8 Å². The van der Waals surface area contributed by atoms with Crippen LogP contribution in [0.4, 0.5) is 22.4 Å². The predicted molar refractivity (Wildman–Crippen MR) is 130 cm³/mol. The van der Waals surface area contributed by atoms with Crippen molar-refractivity contribution in [1.29, 1.82) is 0 Å². The smallest absolute Gasteiger partial charge is 0.233 e. The van der Waals surface area contributed by atoms with E-state index in [2.05, 4.69) is 53.2 Å². The number of fused-ring (bicyclic) bond motifs is 1. The molecule has 0 saturated carbocycles. The Morgan fingerprint density at radius 1 is 1.24 bits per heavy atom. The summed E-state index contributed by atoms with van der Waals surface area (Å²) in [4.78, 5) is 20.5. The summed E-state index contributed by atoms with van der Waals surface area (Å²) >= 11 is 0. The van der Waals surface area contributed by atoms with Crippen LogP contribution in [0.3, 0.4) is 0 Å². The summed E-state index contributed by atoms with van der Waals surface area (Å²) in [6, 6.07) is 5.40. The Hall–Kier alpha value is -3.60. The van der Waals surface area contributed by atoms with Crippen LogP contribution in [-0.2, 0) is 0 Å². The number of carboxylic acid groups (broad SMARTS) is 1. The molecule has 182 valence electrons. The van der Waals surface area contributed by atoms with Crippen molar-refractivity contribution in [1.82, 2.24) is 30.0 Å². The van der Waals surface area contributed by atoms with E-state index in [4.69, 9.17) is 16.2 Å². The lowest BCUT2D eigenvalue weighted by molar-refractivity contribution is -0.252. The molecular weight excluding hydrogens is 436 g/mol. The van der Waals surface area contributed by atoms with Crippen molar-refractivity contribution >= 4 is 34.6 Å². The highest BCUT2D eigenvalue weighted by molar-refractivity contribution is 5.97. The number of hydrogen-bond acceptors (Lipinski definition) is 8. The van der Waals surface area contributed by atoms with Gasteiger partial charge in [0.2, 0.25) is 11.8 Å². The molecule has 3 heterocycles. The molecule has 0 aliphatic carbocycles. The molecule has 1 aliphatic rings. The van der Waals surface area contributed by atoms with Crippen LogP contribution in [0, 0.1) is 5.92 Å². The molecule has 1 saturated heterocycles. The van der Waals surface area contributed by atoms with Gasteiger partial charge in [-0.1, -0.05) is 6.92 Å². The topological polar surface area (TPSA) is 168 Å². The van der Waals surface area contributed by atoms with Gasteiger partial charge in [0.15, 0.2) is 5.82 Å². The van der Waals surface area contributed by atoms with Crippen molar-refractivity contribution in [3.63, 3.8) is 0 Å². The van der Waals surface area contributed by atoms with Crippen molar-refractivity contribution in [2.45, 2.75) is 45.7 Å². The SMILES string of the molecule is COc1cc(-c2cc([N+]3(C(C)(C)C)C[C@H](C)C[C@@H](NC(=O)[O-])C3)nc(N)n2)cc2[nH]nc(N)c12. The molecule has 11 heteroatoms. The van der Waals surface area contributed by atoms with E-state index in [-0.39, 0.29) is 23.4 Å². The first kappa shape index (κ1) is 23.6. The minimum Gasteiger partial charge on any atom is -0.530 e. The van der Waals surface area contributed by atoms with Gasteiger partial charge in [-0.2, -0.15) is 10.1 Å². The van der Waals surface area contributed by atoms with Crippen molar-refractivity contribution in [2.24, 2.45) is 5.92 Å². The quantitative estimate of drug-likeness (QED) is 0.419. The Balaban J connectivity index is 1.87. The lowest BCUT2D eigenvalue weighted by atomic mass is 9.87. The van der Waals surface area contributed by atoms with Crippen molar-refractivity contribution in [2.75, 3.05) is 31.7 Å². The standard InChI is InChI=1S/C23H32N8O3/c1-12-6-14(26-22(32)33)11-31(10-12,23(2,3)4)18-9-15(27-21(25)28-18)13-7-16-19(17(8-13)34-5)20(24)30-29-16/h7-9,12,14,26H,6,10-11H2,1-5H3,(H5-,24,25,27,28,29,30,32,33)/t12-,14-,31?/m1/s1. The lowest BCUT2D eigenvalue weighted by Crippen LogP contribution is -2.71. The van der Waals surface area contributed by atoms with Crippen LogP contribution < -0.4 is 31.1 Å². The summed E-state index contributed by atoms with van der Waals surface area (Å²) in [5.41, 5.74) is 14.0. The van der Waals surface area contributed by atoms with E-state index in [1.807, 2.05) is 18.2 Å². The van der Waals surface area contributed by atoms with Crippen LogP contribution in [-0.4, -0.2) is 58.0 Å². The summed E-state index contributed by atoms with van der Waals surface area (Å²) in [5, 5.41) is 21.6. The van der Waals surface area contributed by atoms with Gasteiger partial charge in [-0.3, -0.25) is 9.58 Å². The van der Waals surface area contributed by atoms with E-state index in [0.717, 1.165) is 29.9 Å². The first-order chi connectivity index (χ1) is 15.9. The zero-order valence-corrected chi connectivity index (χ0v) is 20.2. The number of rotatable bonds is 4. The number of hydrogen-bond donors (Lipinski definition) is 4. The number of ether oxygens (including phenoxy) is 1. The Bertz CT molecular complexity index is 1230. The van der Waals surface area contributed by atoms with Crippen LogP contribution in [0.2, 0.25) is 0 Å². The second-order valence-electron chi connectivity index (χ2n) is 10.2. The molecule has 11 nitrogen and oxygen atoms in total. The predicted octanol–water partition coefficient (Wildman–Crippen LogP) is 1.64. The van der Waals surface area contributed by atoms with E-state index in [1.165, 1.54) is 0 Å². The molecule has 1 aromatic carbocycles. The minimum absolute atomic E-state index is 0.139. The maximum atomic E-state index is 11.3. The average Bonchev–Trinajstić information content (AvgIpc) is 3.11. The number of aromatic amines is 1. The number of methoxy groups -OCH3 is 1. The summed E-state index contributed by atoms with van der Waals surface area (Å²) < 4.78 is 6.00. The number of quaternary nitrogens is 1. The number of anilines is 2. The average molecular weight is 469 g/mol. The highest BCUT2D eigenvalue weighted by Crippen LogP contribution is 2.40. The molecule has 4 rings (SSSR count). The Morgan fingerprint density at radius 3 is 2.62 bits per heavy atom. The largest absolute Gasteiger partial charge is 0.530 e. The summed E-state index contributed by atoms with van der Waals surface area (Å²) in [6.07, 6.45) is -0.541. The molecule has 2 aromatic heterocycles. The molecular formula is C23H32N8O3. The normalized spacial score (nSPS) is 23.1. The molecule has 0 radical (unpaired) electrons. The van der Waals surface area contributed by atoms with Gasteiger partial charge >= 0.3 is 0 Å². The molecule has 3 aromatic rings. The summed E-state index contributed by atoms with van der Waals surface area (Å²) in [5.74, 6) is 2.04. The van der Waals surface area contributed by atoms with Gasteiger partial charge in [0.1, 0.15) is 18.4 Å². The highest BCUT2D eigenvalue weighted by Gasteiger charge is 2.49. The highest BCUT2D eigenvalue weighted by atomic mass is 16.5. The van der Waals surface area contributed by atoms with Gasteiger partial charge in [-0.15, -0.1) is 0 Å². The molecule has 0 spiro atoms. The number of nitrogens with two attached hydrogens (primary N) is 2. The minimum atomic E-state index is -1.27. The van der Waals surface area contributed by atoms with Gasteiger partial charge in [0, 0.05) is 17.5 Å². The number of benzene rings is 1. The number of nitrogen functional groups attached to an aromatic ring is 2. The Morgan fingerprint density at radius 2 is 1.97 bits per heavy atom. The third-order valence-corrected chi connectivity index (χ3v) is 6.79. The molecule has 1 amide bonds. The number of H-pyrrole nitrogens is 1. The summed E-state index contributed by atoms with van der Waals surface area (Å²) in [6.45, 7) is 9.81. The lowest BCUT2D eigenvalue weighted by Gasteiger charge is -2.53. The zero-order valence-electron chi connectivity index (χ0n) is 20.2. The molecule has 3 atom stereocenters. The monoisotopic (exact) mass is 468 g/mol. The van der Waals surface area contributed by atoms with E-state index < -0.39 is 6.09 Å². The second-order valence-corrected chi connectivity index (χ2v) is 10.2. The number of nitrogens with zero attached hydrogens (tertiary/aromatic N) is 4. The maximum absolute atomic E-state index is 11.3. The Kier molecular flexibility index (Phi) is 5.76. The van der Waals surface area contributed by atoms with Crippen LogP contribution in [0.5, 0.6) is 5.75 Å². The number of piperidine rings is 1.